The number of hydrogen-bond donors (Lipinski definition) is 3. The number of aliphatic imine (C=N–C) groups is 1. The van der Waals surface area contributed by atoms with Gasteiger partial charge in [0, 0.05) is 39.7 Å². The van der Waals surface area contributed by atoms with E-state index in [1.54, 1.807) is 14.2 Å². The van der Waals surface area contributed by atoms with Gasteiger partial charge in [-0.05, 0) is 12.8 Å². The van der Waals surface area contributed by atoms with E-state index >= 15 is 0 Å². The second-order valence-corrected chi connectivity index (χ2v) is 3.98. The summed E-state index contributed by atoms with van der Waals surface area (Å²) >= 11 is 0. The minimum atomic E-state index is 0. The Kier molecular flexibility index (Phi) is 10.0. The van der Waals surface area contributed by atoms with Crippen LogP contribution in [0.5, 0.6) is 0 Å². The van der Waals surface area contributed by atoms with Crippen LogP contribution in [0.4, 0.5) is 0 Å². The minimum Gasteiger partial charge on any atom is -0.383 e. The van der Waals surface area contributed by atoms with Gasteiger partial charge in [0.2, 0.25) is 5.91 Å². The van der Waals surface area contributed by atoms with Gasteiger partial charge in [-0.3, -0.25) is 9.79 Å². The number of carbonyl (C=O) groups is 1. The van der Waals surface area contributed by atoms with Crippen molar-refractivity contribution in [1.29, 1.82) is 0 Å². The molecule has 0 spiro atoms. The summed E-state index contributed by atoms with van der Waals surface area (Å²) < 4.78 is 4.92. The summed E-state index contributed by atoms with van der Waals surface area (Å²) in [5.41, 5.74) is 0. The lowest BCUT2D eigenvalue weighted by atomic mass is 10.4. The van der Waals surface area contributed by atoms with Gasteiger partial charge in [-0.15, -0.1) is 24.0 Å². The number of carbonyl (C=O) groups excluding carboxylic acids is 1. The Hall–Kier alpha value is -0.570. The van der Waals surface area contributed by atoms with E-state index in [1.165, 1.54) is 0 Å². The van der Waals surface area contributed by atoms with Crippen molar-refractivity contribution < 1.29 is 9.53 Å². The molecule has 7 heteroatoms. The maximum absolute atomic E-state index is 11.3. The molecule has 1 saturated carbocycles. The number of nitrogens with zero attached hydrogens (tertiary/aromatic N) is 1. The van der Waals surface area contributed by atoms with E-state index in [2.05, 4.69) is 20.9 Å². The van der Waals surface area contributed by atoms with Gasteiger partial charge in [-0.2, -0.15) is 0 Å². The zero-order chi connectivity index (χ0) is 12.5. The van der Waals surface area contributed by atoms with Crippen LogP contribution < -0.4 is 16.0 Å². The smallest absolute Gasteiger partial charge is 0.223 e. The average Bonchev–Trinajstić information content (AvgIpc) is 3.16. The quantitative estimate of drug-likeness (QED) is 0.254. The first-order valence-electron chi connectivity index (χ1n) is 5.99. The van der Waals surface area contributed by atoms with E-state index in [0.29, 0.717) is 26.2 Å². The largest absolute Gasteiger partial charge is 0.383 e. The molecule has 0 saturated heterocycles. The number of methoxy groups -OCH3 is 1. The van der Waals surface area contributed by atoms with Crippen LogP contribution in [0.2, 0.25) is 0 Å². The molecule has 6 nitrogen and oxygen atoms in total. The van der Waals surface area contributed by atoms with E-state index < -0.39 is 0 Å². The van der Waals surface area contributed by atoms with Crippen LogP contribution in [0.25, 0.3) is 0 Å². The van der Waals surface area contributed by atoms with Crippen LogP contribution >= 0.6 is 24.0 Å². The highest BCUT2D eigenvalue weighted by Gasteiger charge is 2.28. The predicted molar refractivity (Wildman–Crippen MR) is 82.4 cm³/mol. The average molecular weight is 370 g/mol. The number of hydrogen-bond acceptors (Lipinski definition) is 3. The molecular weight excluding hydrogens is 347 g/mol. The summed E-state index contributed by atoms with van der Waals surface area (Å²) in [6.07, 6.45) is 2.08. The molecule has 106 valence electrons. The summed E-state index contributed by atoms with van der Waals surface area (Å²) in [6, 6.07) is 0. The Morgan fingerprint density at radius 3 is 2.39 bits per heavy atom. The number of halogens is 1. The molecule has 1 aliphatic rings. The van der Waals surface area contributed by atoms with Crippen LogP contribution in [0, 0.1) is 5.92 Å². The van der Waals surface area contributed by atoms with Gasteiger partial charge in [0.15, 0.2) is 5.96 Å². The van der Waals surface area contributed by atoms with E-state index in [1.807, 2.05) is 0 Å². The molecule has 18 heavy (non-hydrogen) atoms. The maximum Gasteiger partial charge on any atom is 0.223 e. The lowest BCUT2D eigenvalue weighted by Crippen LogP contribution is -2.42. The Labute approximate surface area is 125 Å². The molecule has 1 aliphatic carbocycles. The first-order chi connectivity index (χ1) is 8.27. The molecule has 0 unspecified atom stereocenters. The highest BCUT2D eigenvalue weighted by Crippen LogP contribution is 2.28. The van der Waals surface area contributed by atoms with Crippen LogP contribution in [-0.4, -0.2) is 52.3 Å². The van der Waals surface area contributed by atoms with Crippen molar-refractivity contribution in [2.45, 2.75) is 12.8 Å². The molecule has 3 N–H and O–H groups in total. The normalized spacial score (nSPS) is 14.7. The number of nitrogens with one attached hydrogen (secondary N) is 3. The lowest BCUT2D eigenvalue weighted by Gasteiger charge is -2.11. The van der Waals surface area contributed by atoms with Crippen molar-refractivity contribution >= 4 is 35.8 Å². The lowest BCUT2D eigenvalue weighted by molar-refractivity contribution is -0.122. The topological polar surface area (TPSA) is 74.8 Å². The zero-order valence-electron chi connectivity index (χ0n) is 11.0. The molecule has 0 bridgehead atoms. The van der Waals surface area contributed by atoms with E-state index in [9.17, 15) is 4.79 Å². The van der Waals surface area contributed by atoms with Crippen molar-refractivity contribution in [2.75, 3.05) is 40.4 Å². The Balaban J connectivity index is 0.00000289. The molecule has 0 aromatic carbocycles. The van der Waals surface area contributed by atoms with Gasteiger partial charge in [0.1, 0.15) is 0 Å². The van der Waals surface area contributed by atoms with E-state index in [-0.39, 0.29) is 35.8 Å². The third-order valence-electron chi connectivity index (χ3n) is 2.49. The standard InChI is InChI=1S/C11H22N4O2.HI/c1-12-11(15-7-8-17-2)14-6-5-13-10(16)9-3-4-9;/h9H,3-8H2,1-2H3,(H,13,16)(H2,12,14,15);1H. The molecule has 0 heterocycles. The van der Waals surface area contributed by atoms with Crippen LogP contribution in [-0.2, 0) is 9.53 Å². The van der Waals surface area contributed by atoms with Crippen molar-refractivity contribution in [3.63, 3.8) is 0 Å². The molecule has 1 rings (SSSR count). The summed E-state index contributed by atoms with van der Waals surface area (Å²) in [5, 5.41) is 9.09. The van der Waals surface area contributed by atoms with Crippen molar-refractivity contribution in [3.05, 3.63) is 0 Å². The first kappa shape index (κ1) is 17.4. The fraction of sp³-hybridized carbons (Fsp3) is 0.818. The molecule has 1 fully saturated rings. The highest BCUT2D eigenvalue weighted by atomic mass is 127. The maximum atomic E-state index is 11.3. The third-order valence-corrected chi connectivity index (χ3v) is 2.49. The monoisotopic (exact) mass is 370 g/mol. The number of guanidine groups is 1. The van der Waals surface area contributed by atoms with Gasteiger partial charge in [-0.25, -0.2) is 0 Å². The van der Waals surface area contributed by atoms with Crippen LogP contribution in [0.1, 0.15) is 12.8 Å². The fourth-order valence-electron chi connectivity index (χ4n) is 1.35. The Bertz CT molecular complexity index is 270. The van der Waals surface area contributed by atoms with Crippen molar-refractivity contribution in [1.82, 2.24) is 16.0 Å². The number of amides is 1. The third kappa shape index (κ3) is 7.70. The van der Waals surface area contributed by atoms with Crippen LogP contribution in [0.15, 0.2) is 4.99 Å². The summed E-state index contributed by atoms with van der Waals surface area (Å²) in [7, 11) is 3.37. The van der Waals surface area contributed by atoms with Crippen molar-refractivity contribution in [2.24, 2.45) is 10.9 Å². The van der Waals surface area contributed by atoms with E-state index in [4.69, 9.17) is 4.74 Å². The highest BCUT2D eigenvalue weighted by molar-refractivity contribution is 14.0. The van der Waals surface area contributed by atoms with Gasteiger partial charge in [0.05, 0.1) is 6.61 Å². The zero-order valence-corrected chi connectivity index (χ0v) is 13.3. The molecule has 0 aromatic heterocycles. The summed E-state index contributed by atoms with van der Waals surface area (Å²) in [5.74, 6) is 1.17. The Morgan fingerprint density at radius 1 is 1.22 bits per heavy atom. The number of ether oxygens (including phenoxy) is 1. The fourth-order valence-corrected chi connectivity index (χ4v) is 1.35. The molecule has 1 amide bonds. The molecule has 0 atom stereocenters. The predicted octanol–water partition coefficient (Wildman–Crippen LogP) is -0.0580. The second kappa shape index (κ2) is 10.4. The summed E-state index contributed by atoms with van der Waals surface area (Å²) in [4.78, 5) is 15.4. The minimum absolute atomic E-state index is 0. The van der Waals surface area contributed by atoms with Gasteiger partial charge in [-0.1, -0.05) is 0 Å². The SMILES string of the molecule is CN=C(NCCNC(=O)C1CC1)NCCOC.I. The Morgan fingerprint density at radius 2 is 1.83 bits per heavy atom. The first-order valence-corrected chi connectivity index (χ1v) is 5.99. The second-order valence-electron chi connectivity index (χ2n) is 3.98. The summed E-state index contributed by atoms with van der Waals surface area (Å²) in [6.45, 7) is 2.65. The van der Waals surface area contributed by atoms with Gasteiger partial charge < -0.3 is 20.7 Å². The van der Waals surface area contributed by atoms with Crippen molar-refractivity contribution in [3.8, 4) is 0 Å². The van der Waals surface area contributed by atoms with E-state index in [0.717, 1.165) is 18.8 Å². The molecule has 0 radical (unpaired) electrons. The van der Waals surface area contributed by atoms with Gasteiger partial charge >= 0.3 is 0 Å². The molecule has 0 aliphatic heterocycles. The van der Waals surface area contributed by atoms with Crippen LogP contribution in [0.3, 0.4) is 0 Å². The van der Waals surface area contributed by atoms with Gasteiger partial charge in [0.25, 0.3) is 0 Å². The number of rotatable bonds is 7. The molecule has 0 aromatic rings. The molecular formula is C11H23IN4O2.